The third-order valence-electron chi connectivity index (χ3n) is 2.84. The molecule has 0 aliphatic carbocycles. The Hall–Kier alpha value is -1.62. The highest BCUT2D eigenvalue weighted by Gasteiger charge is 2.12. The molecular weight excluding hydrogens is 240 g/mol. The van der Waals surface area contributed by atoms with Crippen LogP contribution in [0.15, 0.2) is 23.0 Å². The first-order chi connectivity index (χ1) is 9.02. The average Bonchev–Trinajstić information content (AvgIpc) is 2.87. The lowest BCUT2D eigenvalue weighted by Gasteiger charge is -2.22. The molecule has 0 aromatic carbocycles. The number of nitrogens with zero attached hydrogens (tertiary/aromatic N) is 4. The van der Waals surface area contributed by atoms with Crippen LogP contribution in [0.3, 0.4) is 0 Å². The van der Waals surface area contributed by atoms with Crippen molar-refractivity contribution in [2.45, 2.75) is 33.9 Å². The molecule has 2 rings (SSSR count). The molecule has 0 spiro atoms. The molecule has 104 valence electrons. The second kappa shape index (κ2) is 6.02. The van der Waals surface area contributed by atoms with Gasteiger partial charge in [-0.15, -0.1) is 0 Å². The fourth-order valence-corrected chi connectivity index (χ4v) is 2.22. The molecule has 2 aromatic rings. The van der Waals surface area contributed by atoms with Gasteiger partial charge in [0.1, 0.15) is 0 Å². The van der Waals surface area contributed by atoms with Crippen LogP contribution in [0, 0.1) is 12.8 Å². The highest BCUT2D eigenvalue weighted by atomic mass is 16.5. The first kappa shape index (κ1) is 13.8. The van der Waals surface area contributed by atoms with E-state index in [-0.39, 0.29) is 0 Å². The molecule has 0 atom stereocenters. The zero-order valence-corrected chi connectivity index (χ0v) is 12.1. The van der Waals surface area contributed by atoms with Gasteiger partial charge in [-0.05, 0) is 12.8 Å². The normalized spacial score (nSPS) is 11.7. The summed E-state index contributed by atoms with van der Waals surface area (Å²) in [5.41, 5.74) is 2.15. The van der Waals surface area contributed by atoms with E-state index in [1.807, 2.05) is 30.9 Å². The van der Waals surface area contributed by atoms with Crippen molar-refractivity contribution in [1.82, 2.24) is 19.8 Å². The summed E-state index contributed by atoms with van der Waals surface area (Å²) in [6.07, 6.45) is 3.97. The van der Waals surface area contributed by atoms with E-state index in [1.54, 1.807) is 0 Å². The second-order valence-electron chi connectivity index (χ2n) is 5.52. The van der Waals surface area contributed by atoms with Gasteiger partial charge in [-0.3, -0.25) is 9.58 Å². The molecule has 0 saturated carbocycles. The maximum atomic E-state index is 5.31. The van der Waals surface area contributed by atoms with Crippen molar-refractivity contribution < 1.29 is 4.52 Å². The first-order valence-electron chi connectivity index (χ1n) is 6.65. The topological polar surface area (TPSA) is 47.1 Å². The Bertz CT molecular complexity index is 473. The van der Waals surface area contributed by atoms with Crippen LogP contribution in [0.5, 0.6) is 0 Å². The molecule has 0 aliphatic rings. The Morgan fingerprint density at radius 2 is 2.16 bits per heavy atom. The summed E-state index contributed by atoms with van der Waals surface area (Å²) >= 11 is 0. The van der Waals surface area contributed by atoms with E-state index in [4.69, 9.17) is 4.52 Å². The van der Waals surface area contributed by atoms with Gasteiger partial charge in [-0.1, -0.05) is 19.0 Å². The number of rotatable bonds is 6. The average molecular weight is 262 g/mol. The third kappa shape index (κ3) is 4.21. The van der Waals surface area contributed by atoms with Crippen LogP contribution >= 0.6 is 0 Å². The zero-order valence-electron chi connectivity index (χ0n) is 12.1. The molecule has 0 fully saturated rings. The van der Waals surface area contributed by atoms with Crippen LogP contribution in [-0.2, 0) is 20.1 Å². The number of aromatic nitrogens is 3. The van der Waals surface area contributed by atoms with Crippen LogP contribution in [0.25, 0.3) is 0 Å². The lowest BCUT2D eigenvalue weighted by Crippen LogP contribution is -2.26. The highest BCUT2D eigenvalue weighted by Crippen LogP contribution is 2.12. The van der Waals surface area contributed by atoms with E-state index in [2.05, 4.69) is 35.2 Å². The van der Waals surface area contributed by atoms with Gasteiger partial charge in [0.15, 0.2) is 5.76 Å². The summed E-state index contributed by atoms with van der Waals surface area (Å²) in [4.78, 5) is 2.36. The van der Waals surface area contributed by atoms with Crippen LogP contribution in [0.2, 0.25) is 0 Å². The third-order valence-corrected chi connectivity index (χ3v) is 2.84. The molecule has 0 amide bonds. The monoisotopic (exact) mass is 262 g/mol. The largest absolute Gasteiger partial charge is 0.360 e. The van der Waals surface area contributed by atoms with E-state index in [9.17, 15) is 0 Å². The maximum absolute atomic E-state index is 5.31. The Morgan fingerprint density at radius 3 is 2.68 bits per heavy atom. The van der Waals surface area contributed by atoms with E-state index < -0.39 is 0 Å². The molecule has 5 nitrogen and oxygen atoms in total. The predicted octanol–water partition coefficient (Wildman–Crippen LogP) is 2.37. The first-order valence-corrected chi connectivity index (χ1v) is 6.65. The van der Waals surface area contributed by atoms with Gasteiger partial charge < -0.3 is 4.52 Å². The van der Waals surface area contributed by atoms with Crippen molar-refractivity contribution in [3.63, 3.8) is 0 Å². The minimum absolute atomic E-state index is 0.612. The molecule has 0 saturated heterocycles. The summed E-state index contributed by atoms with van der Waals surface area (Å²) in [7, 11) is 1.94. The molecule has 5 heteroatoms. The van der Waals surface area contributed by atoms with Gasteiger partial charge in [-0.2, -0.15) is 5.10 Å². The minimum atomic E-state index is 0.612. The van der Waals surface area contributed by atoms with Crippen LogP contribution < -0.4 is 0 Å². The van der Waals surface area contributed by atoms with E-state index >= 15 is 0 Å². The van der Waals surface area contributed by atoms with Gasteiger partial charge in [0.05, 0.1) is 18.4 Å². The van der Waals surface area contributed by atoms with Crippen molar-refractivity contribution in [3.05, 3.63) is 35.5 Å². The molecule has 19 heavy (non-hydrogen) atoms. The standard InChI is InChI=1S/C14H22N4O/c1-11(2)7-18(9-13-6-15-17(4)8-13)10-14-5-12(3)16-19-14/h5-6,8,11H,7,9-10H2,1-4H3. The predicted molar refractivity (Wildman–Crippen MR) is 73.4 cm³/mol. The van der Waals surface area contributed by atoms with Crippen molar-refractivity contribution in [2.24, 2.45) is 13.0 Å². The lowest BCUT2D eigenvalue weighted by molar-refractivity contribution is 0.201. The van der Waals surface area contributed by atoms with Crippen molar-refractivity contribution >= 4 is 0 Å². The Morgan fingerprint density at radius 1 is 1.37 bits per heavy atom. The van der Waals surface area contributed by atoms with Crippen LogP contribution in [0.1, 0.15) is 30.9 Å². The fraction of sp³-hybridized carbons (Fsp3) is 0.571. The smallest absolute Gasteiger partial charge is 0.150 e. The molecule has 0 aliphatic heterocycles. The summed E-state index contributed by atoms with van der Waals surface area (Å²) in [6.45, 7) is 9.08. The van der Waals surface area contributed by atoms with Crippen molar-refractivity contribution in [2.75, 3.05) is 6.54 Å². The summed E-state index contributed by atoms with van der Waals surface area (Å²) in [5, 5.41) is 8.16. The number of hydrogen-bond donors (Lipinski definition) is 0. The van der Waals surface area contributed by atoms with Gasteiger partial charge in [0.2, 0.25) is 0 Å². The Labute approximate surface area is 114 Å². The van der Waals surface area contributed by atoms with Crippen molar-refractivity contribution in [3.8, 4) is 0 Å². The van der Waals surface area contributed by atoms with E-state index in [0.717, 1.165) is 31.1 Å². The lowest BCUT2D eigenvalue weighted by atomic mass is 10.2. The Kier molecular flexibility index (Phi) is 4.37. The van der Waals surface area contributed by atoms with Crippen LogP contribution in [0.4, 0.5) is 0 Å². The van der Waals surface area contributed by atoms with E-state index in [0.29, 0.717) is 5.92 Å². The number of hydrogen-bond acceptors (Lipinski definition) is 4. The number of aryl methyl sites for hydroxylation is 2. The molecule has 0 N–H and O–H groups in total. The minimum Gasteiger partial charge on any atom is -0.360 e. The molecule has 2 heterocycles. The molecule has 0 bridgehead atoms. The van der Waals surface area contributed by atoms with E-state index in [1.165, 1.54) is 5.56 Å². The summed E-state index contributed by atoms with van der Waals surface area (Å²) < 4.78 is 7.14. The van der Waals surface area contributed by atoms with Crippen molar-refractivity contribution in [1.29, 1.82) is 0 Å². The zero-order chi connectivity index (χ0) is 13.8. The molecule has 0 unspecified atom stereocenters. The Balaban J connectivity index is 2.02. The molecule has 0 radical (unpaired) electrons. The second-order valence-corrected chi connectivity index (χ2v) is 5.52. The maximum Gasteiger partial charge on any atom is 0.150 e. The summed E-state index contributed by atoms with van der Waals surface area (Å²) in [6, 6.07) is 2.00. The molecular formula is C14H22N4O. The molecule has 2 aromatic heterocycles. The quantitative estimate of drug-likeness (QED) is 0.802. The van der Waals surface area contributed by atoms with Gasteiger partial charge in [-0.25, -0.2) is 0 Å². The SMILES string of the molecule is Cc1cc(CN(Cc2cnn(C)c2)CC(C)C)on1. The fourth-order valence-electron chi connectivity index (χ4n) is 2.22. The van der Waals surface area contributed by atoms with Gasteiger partial charge in [0.25, 0.3) is 0 Å². The van der Waals surface area contributed by atoms with Gasteiger partial charge >= 0.3 is 0 Å². The van der Waals surface area contributed by atoms with Crippen LogP contribution in [-0.4, -0.2) is 26.4 Å². The summed E-state index contributed by atoms with van der Waals surface area (Å²) in [5.74, 6) is 1.53. The highest BCUT2D eigenvalue weighted by molar-refractivity contribution is 5.06. The van der Waals surface area contributed by atoms with Gasteiger partial charge in [0, 0.05) is 38.0 Å².